The van der Waals surface area contributed by atoms with Crippen LogP contribution in [-0.2, 0) is 0 Å². The molecule has 4 heteroatoms. The summed E-state index contributed by atoms with van der Waals surface area (Å²) in [7, 11) is 0. The summed E-state index contributed by atoms with van der Waals surface area (Å²) in [4.78, 5) is 5.16. The van der Waals surface area contributed by atoms with Gasteiger partial charge in [-0.1, -0.05) is 60.7 Å². The van der Waals surface area contributed by atoms with E-state index >= 15 is 0 Å². The molecule has 0 bridgehead atoms. The van der Waals surface area contributed by atoms with Gasteiger partial charge >= 0.3 is 0 Å². The molecule has 0 fully saturated rings. The van der Waals surface area contributed by atoms with Gasteiger partial charge in [-0.25, -0.2) is 10.8 Å². The highest BCUT2D eigenvalue weighted by atomic mass is 32.1. The van der Waals surface area contributed by atoms with E-state index in [1.807, 2.05) is 54.6 Å². The number of thiocarbonyl (C=S) groups is 1. The van der Waals surface area contributed by atoms with Crippen molar-refractivity contribution in [3.8, 4) is 0 Å². The zero-order valence-electron chi connectivity index (χ0n) is 10.3. The average Bonchev–Trinajstić information content (AvgIpc) is 2.57. The first-order valence-electron chi connectivity index (χ1n) is 6.04. The van der Waals surface area contributed by atoms with E-state index in [1.165, 1.54) is 0 Å². The maximum absolute atomic E-state index is 6.05. The number of anilines is 1. The third-order valence-electron chi connectivity index (χ3n) is 3.06. The first kappa shape index (κ1) is 12.0. The predicted octanol–water partition coefficient (Wildman–Crippen LogP) is 2.55. The summed E-state index contributed by atoms with van der Waals surface area (Å²) >= 11 is 5.28. The van der Waals surface area contributed by atoms with Crippen LogP contribution in [0.5, 0.6) is 0 Å². The first-order chi connectivity index (χ1) is 9.25. The number of benzene rings is 2. The van der Waals surface area contributed by atoms with E-state index < -0.39 is 0 Å². The van der Waals surface area contributed by atoms with Crippen molar-refractivity contribution in [1.29, 1.82) is 0 Å². The van der Waals surface area contributed by atoms with Gasteiger partial charge in [0, 0.05) is 11.1 Å². The lowest BCUT2D eigenvalue weighted by molar-refractivity contribution is 0.967. The van der Waals surface area contributed by atoms with Gasteiger partial charge in [-0.05, 0) is 6.07 Å². The van der Waals surface area contributed by atoms with Crippen molar-refractivity contribution in [3.63, 3.8) is 0 Å². The number of hydrazine groups is 1. The number of para-hydroxylation sites is 1. The van der Waals surface area contributed by atoms with E-state index in [0.717, 1.165) is 22.5 Å². The molecule has 2 aromatic carbocycles. The molecule has 19 heavy (non-hydrogen) atoms. The molecule has 0 aromatic heterocycles. The minimum atomic E-state index is 0.461. The molecule has 1 heterocycles. The Kier molecular flexibility index (Phi) is 3.11. The number of nitrogens with zero attached hydrogens (tertiary/aromatic N) is 2. The van der Waals surface area contributed by atoms with Crippen molar-refractivity contribution >= 4 is 28.6 Å². The van der Waals surface area contributed by atoms with Gasteiger partial charge in [0.1, 0.15) is 4.99 Å². The Morgan fingerprint density at radius 3 is 2.47 bits per heavy atom. The fraction of sp³-hybridized carbons (Fsp3) is 0.0667. The van der Waals surface area contributed by atoms with E-state index in [4.69, 9.17) is 18.1 Å². The van der Waals surface area contributed by atoms with Gasteiger partial charge in [0.2, 0.25) is 0 Å². The van der Waals surface area contributed by atoms with Crippen molar-refractivity contribution in [2.24, 2.45) is 10.8 Å². The molecule has 0 radical (unpaired) electrons. The maximum atomic E-state index is 6.05. The van der Waals surface area contributed by atoms with Crippen LogP contribution in [0.2, 0.25) is 0 Å². The van der Waals surface area contributed by atoms with Gasteiger partial charge in [-0.15, -0.1) is 0 Å². The topological polar surface area (TPSA) is 41.6 Å². The van der Waals surface area contributed by atoms with E-state index in [0.29, 0.717) is 11.5 Å². The lowest BCUT2D eigenvalue weighted by Gasteiger charge is -2.18. The Morgan fingerprint density at radius 1 is 1.00 bits per heavy atom. The Bertz CT molecular complexity index is 649. The van der Waals surface area contributed by atoms with Crippen molar-refractivity contribution in [2.45, 2.75) is 0 Å². The van der Waals surface area contributed by atoms with Crippen LogP contribution >= 0.6 is 12.2 Å². The highest BCUT2D eigenvalue weighted by Gasteiger charge is 2.19. The fourth-order valence-corrected chi connectivity index (χ4v) is 2.42. The van der Waals surface area contributed by atoms with Crippen LogP contribution in [0.25, 0.3) is 0 Å². The van der Waals surface area contributed by atoms with E-state index in [2.05, 4.69) is 4.99 Å². The van der Waals surface area contributed by atoms with Gasteiger partial charge in [-0.2, -0.15) is 0 Å². The zero-order chi connectivity index (χ0) is 13.2. The van der Waals surface area contributed by atoms with Gasteiger partial charge in [0.25, 0.3) is 0 Å². The summed E-state index contributed by atoms with van der Waals surface area (Å²) in [5.74, 6) is 6.05. The molecule has 0 atom stereocenters. The number of nitrogens with two attached hydrogens (primary N) is 1. The summed E-state index contributed by atoms with van der Waals surface area (Å²) in [6.07, 6.45) is 0. The van der Waals surface area contributed by atoms with E-state index in [1.54, 1.807) is 5.01 Å². The van der Waals surface area contributed by atoms with Crippen LogP contribution < -0.4 is 10.9 Å². The summed E-state index contributed by atoms with van der Waals surface area (Å²) in [5, 5.41) is 1.65. The molecule has 0 aliphatic carbocycles. The normalized spacial score (nSPS) is 14.7. The maximum Gasteiger partial charge on any atom is 0.125 e. The van der Waals surface area contributed by atoms with Gasteiger partial charge in [0.15, 0.2) is 0 Å². The minimum absolute atomic E-state index is 0.461. The van der Waals surface area contributed by atoms with E-state index in [-0.39, 0.29) is 0 Å². The molecular formula is C15H13N3S. The van der Waals surface area contributed by atoms with Gasteiger partial charge in [0.05, 0.1) is 17.9 Å². The molecule has 94 valence electrons. The Labute approximate surface area is 117 Å². The second kappa shape index (κ2) is 4.91. The number of hydrogen-bond donors (Lipinski definition) is 1. The molecule has 0 amide bonds. The standard InChI is InChI=1S/C15H13N3S/c16-18-10-14(19)17-15(11-6-2-1-3-7-11)12-8-4-5-9-13(12)18/h1-9H,10,16H2. The zero-order valence-corrected chi connectivity index (χ0v) is 11.1. The SMILES string of the molecule is NN1CC(=S)N=C(c2ccccc2)c2ccccc21. The molecule has 0 unspecified atom stereocenters. The summed E-state index contributed by atoms with van der Waals surface area (Å²) < 4.78 is 0. The molecule has 0 spiro atoms. The first-order valence-corrected chi connectivity index (χ1v) is 6.45. The number of hydrogen-bond acceptors (Lipinski definition) is 3. The molecule has 2 N–H and O–H groups in total. The molecule has 1 aliphatic heterocycles. The molecule has 0 saturated heterocycles. The summed E-state index contributed by atoms with van der Waals surface area (Å²) in [6, 6.07) is 18.0. The lowest BCUT2D eigenvalue weighted by Crippen LogP contribution is -2.34. The van der Waals surface area contributed by atoms with Crippen molar-refractivity contribution in [3.05, 3.63) is 65.7 Å². The molecule has 3 rings (SSSR count). The number of aliphatic imine (C=N–C) groups is 1. The van der Waals surface area contributed by atoms with Crippen LogP contribution in [0.3, 0.4) is 0 Å². The number of benzodiazepines with no additional fused rings is 1. The third kappa shape index (κ3) is 2.28. The quantitative estimate of drug-likeness (QED) is 0.638. The number of fused-ring (bicyclic) bond motifs is 1. The number of rotatable bonds is 1. The molecular weight excluding hydrogens is 254 g/mol. The average molecular weight is 267 g/mol. The predicted molar refractivity (Wildman–Crippen MR) is 82.7 cm³/mol. The smallest absolute Gasteiger partial charge is 0.125 e. The Morgan fingerprint density at radius 2 is 1.68 bits per heavy atom. The van der Waals surface area contributed by atoms with Crippen LogP contribution in [0, 0.1) is 0 Å². The van der Waals surface area contributed by atoms with Gasteiger partial charge < -0.3 is 5.01 Å². The highest BCUT2D eigenvalue weighted by molar-refractivity contribution is 7.80. The Hall–Kier alpha value is -2.04. The molecule has 1 aliphatic rings. The second-order valence-electron chi connectivity index (χ2n) is 4.37. The minimum Gasteiger partial charge on any atom is -0.303 e. The van der Waals surface area contributed by atoms with Gasteiger partial charge in [-0.3, -0.25) is 0 Å². The summed E-state index contributed by atoms with van der Waals surface area (Å²) in [6.45, 7) is 0.461. The molecule has 2 aromatic rings. The fourth-order valence-electron chi connectivity index (χ4n) is 2.19. The monoisotopic (exact) mass is 267 g/mol. The van der Waals surface area contributed by atoms with Crippen LogP contribution in [0.1, 0.15) is 11.1 Å². The lowest BCUT2D eigenvalue weighted by atomic mass is 10.0. The largest absolute Gasteiger partial charge is 0.303 e. The molecule has 3 nitrogen and oxygen atoms in total. The third-order valence-corrected chi connectivity index (χ3v) is 3.28. The summed E-state index contributed by atoms with van der Waals surface area (Å²) in [5.41, 5.74) is 3.89. The van der Waals surface area contributed by atoms with Crippen molar-refractivity contribution in [1.82, 2.24) is 0 Å². The van der Waals surface area contributed by atoms with Crippen LogP contribution in [0.15, 0.2) is 59.6 Å². The highest BCUT2D eigenvalue weighted by Crippen LogP contribution is 2.24. The molecule has 0 saturated carbocycles. The van der Waals surface area contributed by atoms with E-state index in [9.17, 15) is 0 Å². The van der Waals surface area contributed by atoms with Crippen LogP contribution in [-0.4, -0.2) is 17.2 Å². The second-order valence-corrected chi connectivity index (χ2v) is 4.84. The Balaban J connectivity index is 2.22. The van der Waals surface area contributed by atoms with Crippen LogP contribution in [0.4, 0.5) is 5.69 Å². The van der Waals surface area contributed by atoms with Crippen molar-refractivity contribution < 1.29 is 0 Å². The van der Waals surface area contributed by atoms with Crippen molar-refractivity contribution in [2.75, 3.05) is 11.6 Å².